The minimum atomic E-state index is -5.10. The van der Waals surface area contributed by atoms with Crippen LogP contribution in [-0.4, -0.2) is 77.6 Å². The van der Waals surface area contributed by atoms with Gasteiger partial charge in [-0.05, 0) is 42.0 Å². The fraction of sp³-hybridized carbons (Fsp3) is 0.286. The lowest BCUT2D eigenvalue weighted by atomic mass is 9.75. The van der Waals surface area contributed by atoms with Gasteiger partial charge in [0, 0.05) is 19.3 Å². The lowest BCUT2D eigenvalue weighted by Gasteiger charge is -2.50. The second-order valence-corrected chi connectivity index (χ2v) is 15.0. The number of carbonyl (C=O) groups excluding carboxylic acids is 1. The molecule has 2 heterocycles. The zero-order valence-corrected chi connectivity index (χ0v) is 29.1. The molecule has 3 atom stereocenters. The van der Waals surface area contributed by atoms with Gasteiger partial charge in [0.2, 0.25) is 0 Å². The summed E-state index contributed by atoms with van der Waals surface area (Å²) in [6.07, 6.45) is -5.90. The summed E-state index contributed by atoms with van der Waals surface area (Å²) < 4.78 is 65.2. The third kappa shape index (κ3) is 8.53. The Morgan fingerprint density at radius 2 is 1.51 bits per heavy atom. The van der Waals surface area contributed by atoms with Crippen molar-refractivity contribution in [3.63, 3.8) is 0 Å². The monoisotopic (exact) mass is 743 g/mol. The van der Waals surface area contributed by atoms with Crippen LogP contribution in [0.4, 0.5) is 13.2 Å². The molecule has 1 aliphatic heterocycles. The number of aromatic amines is 1. The molecule has 5 rings (SSSR count). The number of H-pyrrole nitrogens is 1. The number of nitrogens with zero attached hydrogens (tertiary/aromatic N) is 3. The first-order chi connectivity index (χ1) is 24.2. The van der Waals surface area contributed by atoms with E-state index >= 15 is 0 Å². The normalized spacial score (nSPS) is 18.0. The van der Waals surface area contributed by atoms with E-state index in [0.717, 1.165) is 27.5 Å². The van der Waals surface area contributed by atoms with Crippen molar-refractivity contribution in [1.82, 2.24) is 24.4 Å². The smallest absolute Gasteiger partial charge is 0.350 e. The molecule has 1 aromatic heterocycles. The predicted octanol–water partition coefficient (Wildman–Crippen LogP) is 4.68. The summed E-state index contributed by atoms with van der Waals surface area (Å²) in [5, 5.41) is 1.61. The molecule has 1 aliphatic rings. The van der Waals surface area contributed by atoms with Gasteiger partial charge in [0.05, 0.1) is 24.8 Å². The number of ether oxygens (including phenoxy) is 1. The maximum Gasteiger partial charge on any atom is 0.471 e. The van der Waals surface area contributed by atoms with Gasteiger partial charge >= 0.3 is 24.6 Å². The Bertz CT molecular complexity index is 1960. The Balaban J connectivity index is 1.63. The molecule has 3 unspecified atom stereocenters. The Morgan fingerprint density at radius 1 is 0.980 bits per heavy atom. The van der Waals surface area contributed by atoms with E-state index in [-0.39, 0.29) is 25.3 Å². The molecule has 1 amide bonds. The van der Waals surface area contributed by atoms with Gasteiger partial charge in [0.1, 0.15) is 5.56 Å². The lowest BCUT2D eigenvalue weighted by Crippen LogP contribution is -2.58. The van der Waals surface area contributed by atoms with Crippen LogP contribution in [0.25, 0.3) is 0 Å². The number of alkyl halides is 3. The number of aromatic nitrogens is 2. The van der Waals surface area contributed by atoms with Crippen molar-refractivity contribution < 1.29 is 31.8 Å². The molecule has 0 radical (unpaired) electrons. The van der Waals surface area contributed by atoms with Crippen LogP contribution in [0.2, 0.25) is 0 Å². The van der Waals surface area contributed by atoms with Crippen molar-refractivity contribution in [3.8, 4) is 11.8 Å². The second-order valence-electron chi connectivity index (χ2n) is 11.7. The molecule has 0 saturated carbocycles. The molecule has 1 saturated heterocycles. The molecular weight excluding hydrogens is 710 g/mol. The molecule has 1 fully saturated rings. The summed E-state index contributed by atoms with van der Waals surface area (Å²) in [6.45, 7) is -4.44. The first-order valence-electron chi connectivity index (χ1n) is 15.6. The number of morpholine rings is 1. The highest BCUT2D eigenvalue weighted by Crippen LogP contribution is 2.54. The van der Waals surface area contributed by atoms with Crippen LogP contribution in [0, 0.1) is 11.8 Å². The van der Waals surface area contributed by atoms with Crippen molar-refractivity contribution in [2.45, 2.75) is 24.0 Å². The quantitative estimate of drug-likeness (QED) is 0.136. The summed E-state index contributed by atoms with van der Waals surface area (Å²) in [4.78, 5) is 41.6. The molecule has 11 nitrogen and oxygen atoms in total. The number of hydrogen-bond acceptors (Lipinski definition) is 7. The zero-order chi connectivity index (χ0) is 36.8. The van der Waals surface area contributed by atoms with E-state index in [9.17, 15) is 32.1 Å². The van der Waals surface area contributed by atoms with Gasteiger partial charge in [-0.1, -0.05) is 103 Å². The third-order valence-electron chi connectivity index (χ3n) is 8.19. The number of hydrogen-bond donors (Lipinski definition) is 2. The average molecular weight is 744 g/mol. The van der Waals surface area contributed by atoms with Crippen LogP contribution < -0.4 is 16.6 Å². The first-order valence-corrected chi connectivity index (χ1v) is 18.1. The van der Waals surface area contributed by atoms with E-state index in [4.69, 9.17) is 20.5 Å². The van der Waals surface area contributed by atoms with Crippen LogP contribution in [0.5, 0.6) is 0 Å². The van der Waals surface area contributed by atoms with Gasteiger partial charge in [0.15, 0.2) is 6.23 Å². The minimum Gasteiger partial charge on any atom is -0.350 e. The highest BCUT2D eigenvalue weighted by Gasteiger charge is 2.47. The maximum atomic E-state index is 13.4. The number of benzene rings is 3. The molecule has 2 N–H and O–H groups in total. The summed E-state index contributed by atoms with van der Waals surface area (Å²) in [5.41, 5.74) is -0.312. The van der Waals surface area contributed by atoms with Crippen molar-refractivity contribution >= 4 is 24.0 Å². The highest BCUT2D eigenvalue weighted by atomic mass is 35.7. The Hall–Kier alpha value is -4.48. The van der Waals surface area contributed by atoms with Crippen LogP contribution >= 0.6 is 18.1 Å². The maximum absolute atomic E-state index is 13.4. The van der Waals surface area contributed by atoms with E-state index in [2.05, 4.69) is 21.7 Å². The van der Waals surface area contributed by atoms with Crippen LogP contribution in [0.1, 0.15) is 28.5 Å². The standard InChI is InChI=1S/C35H34ClF3N5O6P/c1-42(2)51(36,48)49-24-29-22-43(34(26-14-6-3-7-15-26,27-16-8-4-9-17-27)28-18-10-5-11-19-28)23-30(50-29)44-21-25(31(45)41-33(44)47)13-12-20-40-32(46)35(37,38)39/h3-11,14-19,21,29-30H,20,22-24H2,1-2H3,(H,40,46)(H,41,45,47). The molecule has 0 bridgehead atoms. The van der Waals surface area contributed by atoms with Gasteiger partial charge < -0.3 is 14.6 Å². The average Bonchev–Trinajstić information content (AvgIpc) is 3.11. The number of halogens is 4. The molecule has 268 valence electrons. The Labute approximate surface area is 296 Å². The minimum absolute atomic E-state index is 0.0574. The molecule has 0 spiro atoms. The van der Waals surface area contributed by atoms with Crippen molar-refractivity contribution in [2.24, 2.45) is 0 Å². The third-order valence-corrected chi connectivity index (χ3v) is 10.8. The number of amides is 1. The summed E-state index contributed by atoms with van der Waals surface area (Å²) in [5.74, 6) is 2.55. The molecule has 51 heavy (non-hydrogen) atoms. The van der Waals surface area contributed by atoms with Gasteiger partial charge in [-0.3, -0.25) is 28.6 Å². The Morgan fingerprint density at radius 3 is 2.00 bits per heavy atom. The van der Waals surface area contributed by atoms with E-state index in [0.29, 0.717) is 0 Å². The predicted molar refractivity (Wildman–Crippen MR) is 185 cm³/mol. The molecule has 3 aromatic carbocycles. The second kappa shape index (κ2) is 15.8. The summed E-state index contributed by atoms with van der Waals surface area (Å²) in [6, 6.07) is 29.2. The number of carbonyl (C=O) groups is 1. The fourth-order valence-electron chi connectivity index (χ4n) is 5.87. The van der Waals surface area contributed by atoms with E-state index in [1.54, 1.807) is 5.32 Å². The van der Waals surface area contributed by atoms with Crippen molar-refractivity contribution in [1.29, 1.82) is 0 Å². The van der Waals surface area contributed by atoms with Gasteiger partial charge in [-0.2, -0.15) is 13.2 Å². The van der Waals surface area contributed by atoms with Gasteiger partial charge in [0.25, 0.3) is 5.56 Å². The molecule has 16 heteroatoms. The van der Waals surface area contributed by atoms with Gasteiger partial charge in [-0.15, -0.1) is 0 Å². The zero-order valence-electron chi connectivity index (χ0n) is 27.5. The van der Waals surface area contributed by atoms with E-state index in [1.807, 2.05) is 91.0 Å². The van der Waals surface area contributed by atoms with Crippen LogP contribution in [0.3, 0.4) is 0 Å². The number of rotatable bonds is 10. The lowest BCUT2D eigenvalue weighted by molar-refractivity contribution is -0.173. The summed E-state index contributed by atoms with van der Waals surface area (Å²) in [7, 11) is 3.01. The van der Waals surface area contributed by atoms with Crippen molar-refractivity contribution in [2.75, 3.05) is 40.3 Å². The Kier molecular flexibility index (Phi) is 11.7. The fourth-order valence-corrected chi connectivity index (χ4v) is 6.62. The van der Waals surface area contributed by atoms with Crippen LogP contribution in [-0.2, 0) is 24.2 Å². The number of nitrogens with one attached hydrogen (secondary N) is 2. The molecule has 0 aliphatic carbocycles. The SMILES string of the molecule is CN(C)P(=O)(Cl)OCC1CN(C(c2ccccc2)(c2ccccc2)c2ccccc2)CC(n2cc(C#CCNC(=O)C(F)(F)F)c(=O)[nH]c2=O)O1. The summed E-state index contributed by atoms with van der Waals surface area (Å²) >= 11 is 6.22. The van der Waals surface area contributed by atoms with Gasteiger partial charge in [-0.25, -0.2) is 9.46 Å². The van der Waals surface area contributed by atoms with Crippen molar-refractivity contribution in [3.05, 3.63) is 140 Å². The topological polar surface area (TPSA) is 126 Å². The van der Waals surface area contributed by atoms with E-state index in [1.165, 1.54) is 18.8 Å². The van der Waals surface area contributed by atoms with Crippen LogP contribution in [0.15, 0.2) is 107 Å². The largest absolute Gasteiger partial charge is 0.471 e. The highest BCUT2D eigenvalue weighted by molar-refractivity contribution is 7.83. The first kappa shape index (κ1) is 37.8. The van der Waals surface area contributed by atoms with E-state index < -0.39 is 54.6 Å². The molecular formula is C35H34ClF3N5O6P. The molecule has 4 aromatic rings.